The monoisotopic (exact) mass is 210 g/mol. The molecule has 0 spiro atoms. The van der Waals surface area contributed by atoms with Crippen LogP contribution in [0.25, 0.3) is 0 Å². The average Bonchev–Trinajstić information content (AvgIpc) is 2.24. The van der Waals surface area contributed by atoms with Crippen LogP contribution in [0.3, 0.4) is 0 Å². The fourth-order valence-electron chi connectivity index (χ4n) is 2.17. The zero-order chi connectivity index (χ0) is 10.0. The largest absolute Gasteiger partial charge is 0.384 e. The van der Waals surface area contributed by atoms with Crippen molar-refractivity contribution in [3.8, 4) is 0 Å². The van der Waals surface area contributed by atoms with E-state index in [0.717, 1.165) is 31.2 Å². The lowest BCUT2D eigenvalue weighted by Gasteiger charge is -2.37. The molecule has 0 heterocycles. The van der Waals surface area contributed by atoms with Crippen molar-refractivity contribution in [2.75, 3.05) is 0 Å². The molecular formula is C12H15ClO. The zero-order valence-electron chi connectivity index (χ0n) is 8.12. The van der Waals surface area contributed by atoms with Crippen LogP contribution < -0.4 is 0 Å². The van der Waals surface area contributed by atoms with Crippen molar-refractivity contribution < 1.29 is 5.11 Å². The van der Waals surface area contributed by atoms with Crippen molar-refractivity contribution in [2.45, 2.75) is 36.7 Å². The van der Waals surface area contributed by atoms with Gasteiger partial charge in [0, 0.05) is 0 Å². The average molecular weight is 211 g/mol. The van der Waals surface area contributed by atoms with Crippen LogP contribution in [0.2, 0.25) is 0 Å². The summed E-state index contributed by atoms with van der Waals surface area (Å²) >= 11 is 6.21. The zero-order valence-corrected chi connectivity index (χ0v) is 8.87. The number of alkyl halides is 1. The van der Waals surface area contributed by atoms with E-state index in [1.165, 1.54) is 0 Å². The van der Waals surface area contributed by atoms with Gasteiger partial charge in [-0.1, -0.05) is 43.2 Å². The van der Waals surface area contributed by atoms with Crippen LogP contribution in [0.5, 0.6) is 0 Å². The topological polar surface area (TPSA) is 20.2 Å². The number of hydrogen-bond donors (Lipinski definition) is 1. The second-order valence-corrected chi connectivity index (χ2v) is 4.53. The Morgan fingerprint density at radius 1 is 1.21 bits per heavy atom. The van der Waals surface area contributed by atoms with Crippen molar-refractivity contribution in [3.63, 3.8) is 0 Å². The number of hydrogen-bond acceptors (Lipinski definition) is 1. The molecule has 0 amide bonds. The third-order valence-corrected chi connectivity index (χ3v) is 3.64. The number of halogens is 1. The molecule has 2 atom stereocenters. The second kappa shape index (κ2) is 3.92. The standard InChI is InChI=1S/C12H15ClO/c13-11-8-4-5-9-12(11,14)10-6-2-1-3-7-10/h1-3,6-7,11,14H,4-5,8-9H2/t11-,12-/m0/s1. The summed E-state index contributed by atoms with van der Waals surface area (Å²) < 4.78 is 0. The molecule has 14 heavy (non-hydrogen) atoms. The molecule has 1 saturated carbocycles. The number of rotatable bonds is 1. The molecule has 0 radical (unpaired) electrons. The summed E-state index contributed by atoms with van der Waals surface area (Å²) in [5, 5.41) is 10.3. The molecule has 0 bridgehead atoms. The number of aliphatic hydroxyl groups is 1. The van der Waals surface area contributed by atoms with Gasteiger partial charge in [-0.15, -0.1) is 11.6 Å². The van der Waals surface area contributed by atoms with Gasteiger partial charge >= 0.3 is 0 Å². The van der Waals surface area contributed by atoms with Crippen LogP contribution in [0, 0.1) is 0 Å². The lowest BCUT2D eigenvalue weighted by atomic mass is 9.79. The summed E-state index contributed by atoms with van der Waals surface area (Å²) in [6, 6.07) is 9.78. The van der Waals surface area contributed by atoms with E-state index < -0.39 is 5.60 Å². The Labute approximate surface area is 89.7 Å². The lowest BCUT2D eigenvalue weighted by Crippen LogP contribution is -2.38. The van der Waals surface area contributed by atoms with Gasteiger partial charge in [0.25, 0.3) is 0 Å². The van der Waals surface area contributed by atoms with Gasteiger partial charge in [0.1, 0.15) is 5.60 Å². The van der Waals surface area contributed by atoms with E-state index in [1.807, 2.05) is 30.3 Å². The summed E-state index contributed by atoms with van der Waals surface area (Å²) in [5.74, 6) is 0. The van der Waals surface area contributed by atoms with Crippen LogP contribution in [0.15, 0.2) is 30.3 Å². The van der Waals surface area contributed by atoms with Gasteiger partial charge in [-0.2, -0.15) is 0 Å². The van der Waals surface area contributed by atoms with Crippen molar-refractivity contribution in [1.82, 2.24) is 0 Å². The third-order valence-electron chi connectivity index (χ3n) is 3.06. The smallest absolute Gasteiger partial charge is 0.106 e. The van der Waals surface area contributed by atoms with E-state index in [1.54, 1.807) is 0 Å². The quantitative estimate of drug-likeness (QED) is 0.707. The molecule has 2 heteroatoms. The first-order chi connectivity index (χ1) is 6.73. The van der Waals surface area contributed by atoms with Gasteiger partial charge in [0.15, 0.2) is 0 Å². The van der Waals surface area contributed by atoms with Gasteiger partial charge in [0.2, 0.25) is 0 Å². The fourth-order valence-corrected chi connectivity index (χ4v) is 2.55. The summed E-state index contributed by atoms with van der Waals surface area (Å²) in [4.78, 5) is 0. The van der Waals surface area contributed by atoms with Crippen molar-refractivity contribution in [1.29, 1.82) is 0 Å². The molecule has 1 aromatic carbocycles. The van der Waals surface area contributed by atoms with Crippen molar-refractivity contribution in [2.24, 2.45) is 0 Å². The summed E-state index contributed by atoms with van der Waals surface area (Å²) in [6.45, 7) is 0. The summed E-state index contributed by atoms with van der Waals surface area (Å²) in [5.41, 5.74) is 0.154. The molecular weight excluding hydrogens is 196 g/mol. The van der Waals surface area contributed by atoms with Gasteiger partial charge in [-0.3, -0.25) is 0 Å². The summed E-state index contributed by atoms with van der Waals surface area (Å²) in [6.07, 6.45) is 3.88. The molecule has 0 saturated heterocycles. The Kier molecular flexibility index (Phi) is 2.80. The molecule has 0 unspecified atom stereocenters. The molecule has 0 aliphatic heterocycles. The highest BCUT2D eigenvalue weighted by Gasteiger charge is 2.38. The normalized spacial score (nSPS) is 32.9. The van der Waals surface area contributed by atoms with Crippen LogP contribution in [-0.2, 0) is 5.60 Å². The fraction of sp³-hybridized carbons (Fsp3) is 0.500. The predicted molar refractivity (Wildman–Crippen MR) is 58.4 cm³/mol. The molecule has 1 N–H and O–H groups in total. The van der Waals surface area contributed by atoms with Crippen LogP contribution in [0.1, 0.15) is 31.2 Å². The first-order valence-corrected chi connectivity index (χ1v) is 5.59. The van der Waals surface area contributed by atoms with E-state index in [4.69, 9.17) is 11.6 Å². The Balaban J connectivity index is 2.30. The van der Waals surface area contributed by atoms with Crippen LogP contribution in [0.4, 0.5) is 0 Å². The second-order valence-electron chi connectivity index (χ2n) is 4.00. The Morgan fingerprint density at radius 3 is 2.57 bits per heavy atom. The minimum absolute atomic E-state index is 0.140. The number of benzene rings is 1. The van der Waals surface area contributed by atoms with E-state index >= 15 is 0 Å². The van der Waals surface area contributed by atoms with Crippen LogP contribution >= 0.6 is 11.6 Å². The lowest BCUT2D eigenvalue weighted by molar-refractivity contribution is 0.00381. The van der Waals surface area contributed by atoms with Gasteiger partial charge in [0.05, 0.1) is 5.38 Å². The molecule has 0 aromatic heterocycles. The van der Waals surface area contributed by atoms with E-state index in [9.17, 15) is 5.11 Å². The molecule has 1 aromatic rings. The van der Waals surface area contributed by atoms with E-state index in [0.29, 0.717) is 0 Å². The van der Waals surface area contributed by atoms with Gasteiger partial charge in [-0.25, -0.2) is 0 Å². The minimum atomic E-state index is -0.804. The highest BCUT2D eigenvalue weighted by molar-refractivity contribution is 6.21. The molecule has 1 aliphatic carbocycles. The van der Waals surface area contributed by atoms with Crippen molar-refractivity contribution in [3.05, 3.63) is 35.9 Å². The SMILES string of the molecule is O[C@]1(c2ccccc2)CCCC[C@@H]1Cl. The Bertz CT molecular complexity index is 298. The molecule has 1 aliphatic rings. The maximum Gasteiger partial charge on any atom is 0.106 e. The molecule has 2 rings (SSSR count). The molecule has 1 fully saturated rings. The summed E-state index contributed by atoms with van der Waals surface area (Å²) in [7, 11) is 0. The maximum atomic E-state index is 10.5. The maximum absolute atomic E-state index is 10.5. The minimum Gasteiger partial charge on any atom is -0.384 e. The van der Waals surface area contributed by atoms with Gasteiger partial charge in [-0.05, 0) is 18.4 Å². The third kappa shape index (κ3) is 1.67. The highest BCUT2D eigenvalue weighted by Crippen LogP contribution is 2.40. The molecule has 1 nitrogen and oxygen atoms in total. The Hall–Kier alpha value is -0.530. The molecule has 76 valence electrons. The van der Waals surface area contributed by atoms with E-state index in [-0.39, 0.29) is 5.38 Å². The Morgan fingerprint density at radius 2 is 1.93 bits per heavy atom. The highest BCUT2D eigenvalue weighted by atomic mass is 35.5. The van der Waals surface area contributed by atoms with Crippen LogP contribution in [-0.4, -0.2) is 10.5 Å². The van der Waals surface area contributed by atoms with Crippen molar-refractivity contribution >= 4 is 11.6 Å². The first-order valence-electron chi connectivity index (χ1n) is 5.15. The predicted octanol–water partition coefficient (Wildman–Crippen LogP) is 3.06. The van der Waals surface area contributed by atoms with E-state index in [2.05, 4.69) is 0 Å². The first kappa shape index (κ1) is 10.0. The van der Waals surface area contributed by atoms with Gasteiger partial charge < -0.3 is 5.11 Å².